The van der Waals surface area contributed by atoms with Crippen LogP contribution < -0.4 is 0 Å². The lowest BCUT2D eigenvalue weighted by atomic mass is 9.88. The highest BCUT2D eigenvalue weighted by molar-refractivity contribution is 7.98. The van der Waals surface area contributed by atoms with E-state index in [-0.39, 0.29) is 17.8 Å². The summed E-state index contributed by atoms with van der Waals surface area (Å²) in [5.74, 6) is 0.476. The number of rotatable bonds is 8. The Kier molecular flexibility index (Phi) is 8.76. The van der Waals surface area contributed by atoms with Crippen molar-refractivity contribution in [3.05, 3.63) is 0 Å². The van der Waals surface area contributed by atoms with Crippen molar-refractivity contribution in [1.82, 2.24) is 0 Å². The molecule has 1 N–H and O–H groups in total. The van der Waals surface area contributed by atoms with Crippen LogP contribution >= 0.6 is 11.8 Å². The SMILES string of the molecule is CCOC(=O)C(C(C)C)C(O)CCCSC. The van der Waals surface area contributed by atoms with Crippen LogP contribution in [0, 0.1) is 11.8 Å². The van der Waals surface area contributed by atoms with E-state index in [1.165, 1.54) is 0 Å². The molecule has 0 bridgehead atoms. The van der Waals surface area contributed by atoms with Crippen LogP contribution in [0.15, 0.2) is 0 Å². The molecule has 0 aliphatic rings. The summed E-state index contributed by atoms with van der Waals surface area (Å²) in [5.41, 5.74) is 0. The van der Waals surface area contributed by atoms with Gasteiger partial charge in [-0.1, -0.05) is 13.8 Å². The number of aliphatic hydroxyl groups is 1. The second-order valence-electron chi connectivity index (χ2n) is 4.22. The molecule has 0 amide bonds. The molecule has 0 saturated heterocycles. The summed E-state index contributed by atoms with van der Waals surface area (Å²) < 4.78 is 4.99. The first-order chi connectivity index (χ1) is 7.54. The number of esters is 1. The molecule has 0 heterocycles. The molecular formula is C12H24O3S. The molecule has 4 heteroatoms. The molecule has 2 atom stereocenters. The highest BCUT2D eigenvalue weighted by Gasteiger charge is 2.30. The molecule has 0 aliphatic heterocycles. The summed E-state index contributed by atoms with van der Waals surface area (Å²) in [6.45, 7) is 6.05. The fourth-order valence-corrected chi connectivity index (χ4v) is 2.18. The minimum Gasteiger partial charge on any atom is -0.466 e. The van der Waals surface area contributed by atoms with E-state index in [9.17, 15) is 9.90 Å². The third-order valence-electron chi connectivity index (χ3n) is 2.54. The summed E-state index contributed by atoms with van der Waals surface area (Å²) in [5, 5.41) is 9.99. The third kappa shape index (κ3) is 5.75. The first-order valence-electron chi connectivity index (χ1n) is 5.88. The lowest BCUT2D eigenvalue weighted by Gasteiger charge is -2.24. The predicted octanol–water partition coefficient (Wildman–Crippen LogP) is 2.33. The van der Waals surface area contributed by atoms with Gasteiger partial charge in [0.25, 0.3) is 0 Å². The van der Waals surface area contributed by atoms with E-state index in [1.807, 2.05) is 20.1 Å². The van der Waals surface area contributed by atoms with E-state index in [0.29, 0.717) is 13.0 Å². The quantitative estimate of drug-likeness (QED) is 0.529. The Morgan fingerprint density at radius 1 is 1.44 bits per heavy atom. The van der Waals surface area contributed by atoms with Gasteiger partial charge in [0.15, 0.2) is 0 Å². The van der Waals surface area contributed by atoms with Gasteiger partial charge in [0.05, 0.1) is 18.6 Å². The Labute approximate surface area is 103 Å². The molecule has 0 fully saturated rings. The van der Waals surface area contributed by atoms with Gasteiger partial charge in [0.2, 0.25) is 0 Å². The number of carbonyl (C=O) groups is 1. The van der Waals surface area contributed by atoms with Crippen molar-refractivity contribution >= 4 is 17.7 Å². The van der Waals surface area contributed by atoms with Crippen LogP contribution in [0.1, 0.15) is 33.6 Å². The molecule has 0 radical (unpaired) electrons. The van der Waals surface area contributed by atoms with Crippen LogP contribution in [0.25, 0.3) is 0 Å². The Hall–Kier alpha value is -0.220. The van der Waals surface area contributed by atoms with Crippen LogP contribution in [-0.2, 0) is 9.53 Å². The van der Waals surface area contributed by atoms with Crippen molar-refractivity contribution in [1.29, 1.82) is 0 Å². The summed E-state index contributed by atoms with van der Waals surface area (Å²) in [6.07, 6.45) is 3.07. The van der Waals surface area contributed by atoms with Crippen LogP contribution in [0.3, 0.4) is 0 Å². The van der Waals surface area contributed by atoms with Crippen LogP contribution in [0.5, 0.6) is 0 Å². The molecule has 96 valence electrons. The van der Waals surface area contributed by atoms with Gasteiger partial charge in [-0.05, 0) is 37.7 Å². The molecule has 0 aromatic carbocycles. The van der Waals surface area contributed by atoms with Crippen LogP contribution in [0.4, 0.5) is 0 Å². The number of ether oxygens (including phenoxy) is 1. The number of carbonyl (C=O) groups excluding carboxylic acids is 1. The van der Waals surface area contributed by atoms with Gasteiger partial charge in [-0.3, -0.25) is 4.79 Å². The maximum absolute atomic E-state index is 11.7. The highest BCUT2D eigenvalue weighted by atomic mass is 32.2. The van der Waals surface area contributed by atoms with Gasteiger partial charge in [-0.15, -0.1) is 0 Å². The van der Waals surface area contributed by atoms with E-state index >= 15 is 0 Å². The summed E-state index contributed by atoms with van der Waals surface area (Å²) >= 11 is 1.76. The zero-order chi connectivity index (χ0) is 12.6. The lowest BCUT2D eigenvalue weighted by Crippen LogP contribution is -2.34. The minimum atomic E-state index is -0.578. The van der Waals surface area contributed by atoms with E-state index < -0.39 is 6.10 Å². The van der Waals surface area contributed by atoms with Crippen molar-refractivity contribution in [2.75, 3.05) is 18.6 Å². The monoisotopic (exact) mass is 248 g/mol. The molecule has 0 aliphatic carbocycles. The number of aliphatic hydroxyl groups excluding tert-OH is 1. The van der Waals surface area contributed by atoms with Crippen molar-refractivity contribution in [2.45, 2.75) is 39.7 Å². The summed E-state index contributed by atoms with van der Waals surface area (Å²) in [6, 6.07) is 0. The van der Waals surface area contributed by atoms with E-state index in [0.717, 1.165) is 12.2 Å². The smallest absolute Gasteiger partial charge is 0.311 e. The van der Waals surface area contributed by atoms with Gasteiger partial charge < -0.3 is 9.84 Å². The Morgan fingerprint density at radius 2 is 2.06 bits per heavy atom. The normalized spacial score (nSPS) is 14.9. The average Bonchev–Trinajstić information content (AvgIpc) is 2.18. The number of thioether (sulfide) groups is 1. The average molecular weight is 248 g/mol. The minimum absolute atomic E-state index is 0.114. The highest BCUT2D eigenvalue weighted by Crippen LogP contribution is 2.21. The molecular weight excluding hydrogens is 224 g/mol. The fraction of sp³-hybridized carbons (Fsp3) is 0.917. The number of hydrogen-bond donors (Lipinski definition) is 1. The molecule has 0 aromatic rings. The predicted molar refractivity (Wildman–Crippen MR) is 68.6 cm³/mol. The largest absolute Gasteiger partial charge is 0.466 e. The van der Waals surface area contributed by atoms with Crippen molar-refractivity contribution in [2.24, 2.45) is 11.8 Å². The maximum atomic E-state index is 11.7. The molecule has 0 aromatic heterocycles. The van der Waals surface area contributed by atoms with Gasteiger partial charge in [-0.2, -0.15) is 11.8 Å². The Morgan fingerprint density at radius 3 is 2.50 bits per heavy atom. The van der Waals surface area contributed by atoms with Crippen molar-refractivity contribution < 1.29 is 14.6 Å². The van der Waals surface area contributed by atoms with E-state index in [4.69, 9.17) is 4.74 Å². The fourth-order valence-electron chi connectivity index (χ4n) is 1.73. The Balaban J connectivity index is 4.23. The molecule has 0 rings (SSSR count). The van der Waals surface area contributed by atoms with Gasteiger partial charge in [0.1, 0.15) is 0 Å². The molecule has 0 spiro atoms. The zero-order valence-corrected chi connectivity index (χ0v) is 11.5. The molecule has 16 heavy (non-hydrogen) atoms. The first-order valence-corrected chi connectivity index (χ1v) is 7.27. The lowest BCUT2D eigenvalue weighted by molar-refractivity contribution is -0.154. The molecule has 3 nitrogen and oxygen atoms in total. The molecule has 0 saturated carbocycles. The molecule has 2 unspecified atom stereocenters. The third-order valence-corrected chi connectivity index (χ3v) is 3.24. The zero-order valence-electron chi connectivity index (χ0n) is 10.7. The van der Waals surface area contributed by atoms with Crippen molar-refractivity contribution in [3.8, 4) is 0 Å². The summed E-state index contributed by atoms with van der Waals surface area (Å²) in [7, 11) is 0. The standard InChI is InChI=1S/C12H24O3S/c1-5-15-12(14)11(9(2)3)10(13)7-6-8-16-4/h9-11,13H,5-8H2,1-4H3. The topological polar surface area (TPSA) is 46.5 Å². The maximum Gasteiger partial charge on any atom is 0.311 e. The van der Waals surface area contributed by atoms with Gasteiger partial charge in [0, 0.05) is 0 Å². The van der Waals surface area contributed by atoms with Gasteiger partial charge in [-0.25, -0.2) is 0 Å². The number of hydrogen-bond acceptors (Lipinski definition) is 4. The second kappa shape index (κ2) is 8.88. The van der Waals surface area contributed by atoms with E-state index in [1.54, 1.807) is 18.7 Å². The van der Waals surface area contributed by atoms with E-state index in [2.05, 4.69) is 0 Å². The van der Waals surface area contributed by atoms with Crippen LogP contribution in [-0.4, -0.2) is 35.8 Å². The summed E-state index contributed by atoms with van der Waals surface area (Å²) in [4.78, 5) is 11.7. The second-order valence-corrected chi connectivity index (χ2v) is 5.21. The van der Waals surface area contributed by atoms with Crippen LogP contribution in [0.2, 0.25) is 0 Å². The van der Waals surface area contributed by atoms with Gasteiger partial charge >= 0.3 is 5.97 Å². The first kappa shape index (κ1) is 15.8. The van der Waals surface area contributed by atoms with Crippen molar-refractivity contribution in [3.63, 3.8) is 0 Å². The Bertz CT molecular complexity index is 195.